The fraction of sp³-hybridized carbons (Fsp3) is 0.222. The maximum atomic E-state index is 12.7. The molecule has 5 nitrogen and oxygen atoms in total. The number of carbonyl (C=O) groups is 1. The summed E-state index contributed by atoms with van der Waals surface area (Å²) in [5.74, 6) is 0.428. The van der Waals surface area contributed by atoms with E-state index in [1.165, 1.54) is 11.3 Å². The van der Waals surface area contributed by atoms with Gasteiger partial charge in [-0.25, -0.2) is 4.68 Å². The van der Waals surface area contributed by atoms with Crippen molar-refractivity contribution in [2.24, 2.45) is 5.92 Å². The molecule has 1 aromatic carbocycles. The van der Waals surface area contributed by atoms with Gasteiger partial charge in [0.1, 0.15) is 4.34 Å². The Hall–Kier alpha value is -2.31. The molecule has 0 saturated heterocycles. The first-order valence-electron chi connectivity index (χ1n) is 7.87. The number of halogens is 1. The summed E-state index contributed by atoms with van der Waals surface area (Å²) in [5.41, 5.74) is 1.65. The molecule has 0 unspecified atom stereocenters. The second-order valence-electron chi connectivity index (χ2n) is 5.89. The molecule has 0 aliphatic heterocycles. The summed E-state index contributed by atoms with van der Waals surface area (Å²) < 4.78 is 7.96. The van der Waals surface area contributed by atoms with Crippen molar-refractivity contribution in [2.75, 3.05) is 11.9 Å². The third kappa shape index (κ3) is 4.21. The number of hydrogen-bond acceptors (Lipinski definition) is 4. The van der Waals surface area contributed by atoms with Crippen molar-refractivity contribution < 1.29 is 9.53 Å². The molecule has 0 bridgehead atoms. The lowest BCUT2D eigenvalue weighted by atomic mass is 10.2. The molecule has 0 aliphatic rings. The summed E-state index contributed by atoms with van der Waals surface area (Å²) in [4.78, 5) is 12.7. The van der Waals surface area contributed by atoms with E-state index in [1.54, 1.807) is 16.9 Å². The average molecular weight is 376 g/mol. The van der Waals surface area contributed by atoms with Gasteiger partial charge in [-0.2, -0.15) is 5.10 Å². The number of carbonyl (C=O) groups excluding carboxylic acids is 1. The van der Waals surface area contributed by atoms with Crippen LogP contribution in [0.25, 0.3) is 5.69 Å². The van der Waals surface area contributed by atoms with Crippen molar-refractivity contribution in [2.45, 2.75) is 13.8 Å². The number of aromatic nitrogens is 2. The Bertz CT molecular complexity index is 858. The van der Waals surface area contributed by atoms with E-state index in [2.05, 4.69) is 10.4 Å². The third-order valence-electron chi connectivity index (χ3n) is 3.35. The van der Waals surface area contributed by atoms with Gasteiger partial charge < -0.3 is 10.1 Å². The summed E-state index contributed by atoms with van der Waals surface area (Å²) in [7, 11) is 0. The lowest BCUT2D eigenvalue weighted by Gasteiger charge is -2.08. The molecule has 0 atom stereocenters. The van der Waals surface area contributed by atoms with Crippen LogP contribution in [0.1, 0.15) is 24.3 Å². The molecule has 0 radical (unpaired) electrons. The zero-order chi connectivity index (χ0) is 17.8. The first-order chi connectivity index (χ1) is 12.0. The minimum atomic E-state index is -0.353. The zero-order valence-corrected chi connectivity index (χ0v) is 15.5. The lowest BCUT2D eigenvalue weighted by Crippen LogP contribution is -2.15. The average Bonchev–Trinajstić information content (AvgIpc) is 3.20. The minimum absolute atomic E-state index is 0.228. The monoisotopic (exact) mass is 375 g/mol. The highest BCUT2D eigenvalue weighted by molar-refractivity contribution is 7.15. The molecule has 2 aromatic heterocycles. The molecule has 1 amide bonds. The van der Waals surface area contributed by atoms with Crippen molar-refractivity contribution in [1.29, 1.82) is 0 Å². The molecule has 0 saturated carbocycles. The highest BCUT2D eigenvalue weighted by Gasteiger charge is 2.20. The van der Waals surface area contributed by atoms with E-state index < -0.39 is 0 Å². The highest BCUT2D eigenvalue weighted by atomic mass is 35.5. The van der Waals surface area contributed by atoms with Gasteiger partial charge in [0.25, 0.3) is 5.91 Å². The van der Waals surface area contributed by atoms with Crippen LogP contribution in [0.2, 0.25) is 4.34 Å². The van der Waals surface area contributed by atoms with E-state index in [1.807, 2.05) is 49.6 Å². The molecule has 3 rings (SSSR count). The van der Waals surface area contributed by atoms with Gasteiger partial charge in [0.15, 0.2) is 11.4 Å². The quantitative estimate of drug-likeness (QED) is 0.668. The maximum Gasteiger partial charge on any atom is 0.280 e. The van der Waals surface area contributed by atoms with Crippen LogP contribution in [-0.2, 0) is 0 Å². The number of hydrogen-bond donors (Lipinski definition) is 1. The SMILES string of the molecule is CC(C)COc1cn(-c2ccccc2)nc1C(=O)Nc1ccsc1Cl. The second-order valence-corrected chi connectivity index (χ2v) is 7.41. The molecule has 0 fully saturated rings. The Labute approximate surface area is 155 Å². The smallest absolute Gasteiger partial charge is 0.280 e. The number of rotatable bonds is 6. The van der Waals surface area contributed by atoms with Crippen LogP contribution in [0.3, 0.4) is 0 Å². The molecule has 25 heavy (non-hydrogen) atoms. The molecule has 7 heteroatoms. The Morgan fingerprint density at radius 3 is 2.72 bits per heavy atom. The van der Waals surface area contributed by atoms with Crippen molar-refractivity contribution in [3.63, 3.8) is 0 Å². The van der Waals surface area contributed by atoms with Gasteiger partial charge >= 0.3 is 0 Å². The van der Waals surface area contributed by atoms with E-state index >= 15 is 0 Å². The zero-order valence-electron chi connectivity index (χ0n) is 13.9. The lowest BCUT2D eigenvalue weighted by molar-refractivity contribution is 0.101. The normalized spacial score (nSPS) is 10.9. The first kappa shape index (κ1) is 17.5. The van der Waals surface area contributed by atoms with Gasteiger partial charge in [-0.1, -0.05) is 43.6 Å². The van der Waals surface area contributed by atoms with Crippen LogP contribution >= 0.6 is 22.9 Å². The van der Waals surface area contributed by atoms with Crippen LogP contribution < -0.4 is 10.1 Å². The first-order valence-corrected chi connectivity index (χ1v) is 9.12. The largest absolute Gasteiger partial charge is 0.489 e. The number of nitrogens with zero attached hydrogens (tertiary/aromatic N) is 2. The number of benzene rings is 1. The Balaban J connectivity index is 1.91. The Morgan fingerprint density at radius 2 is 2.08 bits per heavy atom. The van der Waals surface area contributed by atoms with Crippen LogP contribution in [0.4, 0.5) is 5.69 Å². The van der Waals surface area contributed by atoms with E-state index in [9.17, 15) is 4.79 Å². The predicted octanol–water partition coefficient (Wildman–Crippen LogP) is 4.87. The third-order valence-corrected chi connectivity index (χ3v) is 4.52. The predicted molar refractivity (Wildman–Crippen MR) is 101 cm³/mol. The Morgan fingerprint density at radius 1 is 1.32 bits per heavy atom. The van der Waals surface area contributed by atoms with Gasteiger partial charge in [-0.05, 0) is 29.5 Å². The van der Waals surface area contributed by atoms with Crippen molar-refractivity contribution in [3.8, 4) is 11.4 Å². The molecular weight excluding hydrogens is 358 g/mol. The maximum absolute atomic E-state index is 12.7. The summed E-state index contributed by atoms with van der Waals surface area (Å²) in [5, 5.41) is 9.01. The molecule has 130 valence electrons. The number of para-hydroxylation sites is 1. The molecule has 1 N–H and O–H groups in total. The summed E-state index contributed by atoms with van der Waals surface area (Å²) >= 11 is 7.42. The van der Waals surface area contributed by atoms with Crippen LogP contribution in [-0.4, -0.2) is 22.3 Å². The summed E-state index contributed by atoms with van der Waals surface area (Å²) in [6.45, 7) is 4.60. The van der Waals surface area contributed by atoms with Gasteiger partial charge in [-0.3, -0.25) is 4.79 Å². The summed E-state index contributed by atoms with van der Waals surface area (Å²) in [6, 6.07) is 11.3. The Kier molecular flexibility index (Phi) is 5.40. The van der Waals surface area contributed by atoms with Gasteiger partial charge in [0.2, 0.25) is 0 Å². The van der Waals surface area contributed by atoms with E-state index in [-0.39, 0.29) is 11.6 Å². The number of ether oxygens (including phenoxy) is 1. The fourth-order valence-electron chi connectivity index (χ4n) is 2.15. The summed E-state index contributed by atoms with van der Waals surface area (Å²) in [6.07, 6.45) is 1.72. The van der Waals surface area contributed by atoms with E-state index in [4.69, 9.17) is 16.3 Å². The number of nitrogens with one attached hydrogen (secondary N) is 1. The fourth-order valence-corrected chi connectivity index (χ4v) is 2.99. The standard InChI is InChI=1S/C18H18ClN3O2S/c1-12(2)11-24-15-10-22(13-6-4-3-5-7-13)21-16(15)18(23)20-14-8-9-25-17(14)19/h3-10,12H,11H2,1-2H3,(H,20,23). The van der Waals surface area contributed by atoms with Gasteiger partial charge in [-0.15, -0.1) is 11.3 Å². The second kappa shape index (κ2) is 7.72. The van der Waals surface area contributed by atoms with Crippen LogP contribution in [0.15, 0.2) is 48.0 Å². The van der Waals surface area contributed by atoms with Crippen molar-refractivity contribution in [3.05, 3.63) is 58.0 Å². The van der Waals surface area contributed by atoms with E-state index in [0.717, 1.165) is 5.69 Å². The minimum Gasteiger partial charge on any atom is -0.489 e. The van der Waals surface area contributed by atoms with Crippen LogP contribution in [0, 0.1) is 5.92 Å². The van der Waals surface area contributed by atoms with Gasteiger partial charge in [0, 0.05) is 0 Å². The molecule has 0 spiro atoms. The highest BCUT2D eigenvalue weighted by Crippen LogP contribution is 2.29. The number of anilines is 1. The van der Waals surface area contributed by atoms with E-state index in [0.29, 0.717) is 28.3 Å². The van der Waals surface area contributed by atoms with Gasteiger partial charge in [0.05, 0.1) is 24.2 Å². The van der Waals surface area contributed by atoms with Crippen molar-refractivity contribution >= 4 is 34.5 Å². The molecule has 0 aliphatic carbocycles. The molecular formula is C18H18ClN3O2S. The van der Waals surface area contributed by atoms with Crippen LogP contribution in [0.5, 0.6) is 5.75 Å². The molecule has 2 heterocycles. The number of amides is 1. The number of thiophene rings is 1. The van der Waals surface area contributed by atoms with Crippen molar-refractivity contribution in [1.82, 2.24) is 9.78 Å². The molecule has 3 aromatic rings. The topological polar surface area (TPSA) is 56.2 Å².